The summed E-state index contributed by atoms with van der Waals surface area (Å²) in [7, 11) is 3.57. The molecule has 2 amide bonds. The van der Waals surface area contributed by atoms with Crippen molar-refractivity contribution in [1.82, 2.24) is 10.2 Å². The zero-order valence-electron chi connectivity index (χ0n) is 18.8. The summed E-state index contributed by atoms with van der Waals surface area (Å²) in [6.45, 7) is 9.55. The number of rotatable bonds is 9. The highest BCUT2D eigenvalue weighted by molar-refractivity contribution is 6.04. The smallest absolute Gasteiger partial charge is 0.253 e. The van der Waals surface area contributed by atoms with Crippen LogP contribution in [0.3, 0.4) is 0 Å². The van der Waals surface area contributed by atoms with Crippen molar-refractivity contribution in [2.24, 2.45) is 5.92 Å². The first-order valence-corrected chi connectivity index (χ1v) is 10.2. The molecule has 0 aliphatic rings. The van der Waals surface area contributed by atoms with Crippen LogP contribution in [0.1, 0.15) is 40.9 Å². The van der Waals surface area contributed by atoms with Crippen LogP contribution in [0.25, 0.3) is 0 Å². The zero-order chi connectivity index (χ0) is 22.3. The van der Waals surface area contributed by atoms with Crippen LogP contribution in [0.2, 0.25) is 0 Å². The summed E-state index contributed by atoms with van der Waals surface area (Å²) < 4.78 is 5.42. The molecule has 0 spiro atoms. The summed E-state index contributed by atoms with van der Waals surface area (Å²) in [5.74, 6) is 0.904. The summed E-state index contributed by atoms with van der Waals surface area (Å²) in [6, 6.07) is 11.2. The Labute approximate surface area is 179 Å². The number of likely N-dealkylation sites (N-methyl/N-ethyl adjacent to an activating group) is 1. The molecule has 6 nitrogen and oxygen atoms in total. The Balaban J connectivity index is 2.00. The number of nitrogens with zero attached hydrogens (tertiary/aromatic N) is 1. The Morgan fingerprint density at radius 2 is 1.73 bits per heavy atom. The molecular weight excluding hydrogens is 378 g/mol. The van der Waals surface area contributed by atoms with Crippen LogP contribution in [-0.4, -0.2) is 44.0 Å². The van der Waals surface area contributed by atoms with Gasteiger partial charge in [-0.05, 0) is 55.6 Å². The Hall–Kier alpha value is -2.86. The first kappa shape index (κ1) is 23.4. The van der Waals surface area contributed by atoms with Crippen LogP contribution in [0, 0.1) is 19.8 Å². The number of ether oxygens (including phenoxy) is 1. The van der Waals surface area contributed by atoms with E-state index in [1.54, 1.807) is 25.3 Å². The molecule has 2 rings (SSSR count). The van der Waals surface area contributed by atoms with E-state index in [9.17, 15) is 9.59 Å². The molecule has 0 saturated heterocycles. The first-order valence-electron chi connectivity index (χ1n) is 10.2. The molecule has 30 heavy (non-hydrogen) atoms. The lowest BCUT2D eigenvalue weighted by molar-refractivity contribution is -0.117. The van der Waals surface area contributed by atoms with Gasteiger partial charge in [-0.3, -0.25) is 14.5 Å². The maximum atomic E-state index is 12.6. The number of hydrogen-bond acceptors (Lipinski definition) is 4. The van der Waals surface area contributed by atoms with Crippen molar-refractivity contribution in [1.29, 1.82) is 0 Å². The minimum absolute atomic E-state index is 0.163. The first-order chi connectivity index (χ1) is 14.2. The quantitative estimate of drug-likeness (QED) is 0.659. The molecule has 6 heteroatoms. The van der Waals surface area contributed by atoms with E-state index in [2.05, 4.69) is 22.8 Å². The number of hydrogen-bond donors (Lipinski definition) is 2. The van der Waals surface area contributed by atoms with Gasteiger partial charge in [-0.15, -0.1) is 0 Å². The Morgan fingerprint density at radius 1 is 1.10 bits per heavy atom. The molecule has 0 aliphatic heterocycles. The topological polar surface area (TPSA) is 70.7 Å². The lowest BCUT2D eigenvalue weighted by atomic mass is 10.1. The number of nitrogens with one attached hydrogen (secondary N) is 2. The zero-order valence-corrected chi connectivity index (χ0v) is 18.8. The molecular formula is C24H33N3O3. The standard InChI is InChI=1S/C24H33N3O3/c1-16(2)13-25-24(29)20-9-7-8-10-21(20)26-22(28)15-27(5)14-19-11-17(3)23(30-6)18(4)12-19/h7-12,16H,13-15H2,1-6H3,(H,25,29)(H,26,28). The minimum atomic E-state index is -0.183. The van der Waals surface area contributed by atoms with Gasteiger partial charge in [0.1, 0.15) is 5.75 Å². The van der Waals surface area contributed by atoms with Crippen LogP contribution >= 0.6 is 0 Å². The van der Waals surface area contributed by atoms with Crippen molar-refractivity contribution in [2.75, 3.05) is 32.6 Å². The summed E-state index contributed by atoms with van der Waals surface area (Å²) >= 11 is 0. The van der Waals surface area contributed by atoms with E-state index in [4.69, 9.17) is 4.74 Å². The van der Waals surface area contributed by atoms with E-state index in [0.29, 0.717) is 30.3 Å². The molecule has 0 aromatic heterocycles. The van der Waals surface area contributed by atoms with Gasteiger partial charge in [0.2, 0.25) is 5.91 Å². The fourth-order valence-electron chi connectivity index (χ4n) is 3.44. The predicted octanol–water partition coefficient (Wildman–Crippen LogP) is 3.77. The highest BCUT2D eigenvalue weighted by Crippen LogP contribution is 2.24. The molecule has 0 fully saturated rings. The number of aryl methyl sites for hydroxylation is 2. The highest BCUT2D eigenvalue weighted by atomic mass is 16.5. The molecule has 2 aromatic rings. The third-order valence-corrected chi connectivity index (χ3v) is 4.71. The third kappa shape index (κ3) is 6.59. The third-order valence-electron chi connectivity index (χ3n) is 4.71. The second-order valence-corrected chi connectivity index (χ2v) is 8.13. The number of benzene rings is 2. The summed E-state index contributed by atoms with van der Waals surface area (Å²) in [5, 5.41) is 5.77. The summed E-state index contributed by atoms with van der Waals surface area (Å²) in [5.41, 5.74) is 4.26. The van der Waals surface area contributed by atoms with Gasteiger partial charge >= 0.3 is 0 Å². The van der Waals surface area contributed by atoms with Gasteiger partial charge in [-0.25, -0.2) is 0 Å². The maximum absolute atomic E-state index is 12.6. The van der Waals surface area contributed by atoms with Gasteiger partial charge < -0.3 is 15.4 Å². The maximum Gasteiger partial charge on any atom is 0.253 e. The molecule has 0 heterocycles. The van der Waals surface area contributed by atoms with Crippen molar-refractivity contribution in [3.05, 3.63) is 58.7 Å². The molecule has 162 valence electrons. The molecule has 0 radical (unpaired) electrons. The van der Waals surface area contributed by atoms with Crippen LogP contribution in [0.15, 0.2) is 36.4 Å². The fourth-order valence-corrected chi connectivity index (χ4v) is 3.44. The van der Waals surface area contributed by atoms with Crippen LogP contribution in [0.5, 0.6) is 5.75 Å². The van der Waals surface area contributed by atoms with E-state index in [0.717, 1.165) is 22.4 Å². The summed E-state index contributed by atoms with van der Waals surface area (Å²) in [4.78, 5) is 27.0. The average molecular weight is 412 g/mol. The lowest BCUT2D eigenvalue weighted by Gasteiger charge is -2.19. The van der Waals surface area contributed by atoms with E-state index < -0.39 is 0 Å². The largest absolute Gasteiger partial charge is 0.496 e. The average Bonchev–Trinajstić information content (AvgIpc) is 2.66. The second-order valence-electron chi connectivity index (χ2n) is 8.13. The predicted molar refractivity (Wildman–Crippen MR) is 121 cm³/mol. The summed E-state index contributed by atoms with van der Waals surface area (Å²) in [6.07, 6.45) is 0. The number of methoxy groups -OCH3 is 1. The number of carbonyl (C=O) groups is 2. The van der Waals surface area contributed by atoms with Gasteiger partial charge in [0, 0.05) is 13.1 Å². The number of para-hydroxylation sites is 1. The van der Waals surface area contributed by atoms with Gasteiger partial charge in [0.25, 0.3) is 5.91 Å². The molecule has 0 unspecified atom stereocenters. The minimum Gasteiger partial charge on any atom is -0.496 e. The molecule has 0 bridgehead atoms. The van der Waals surface area contributed by atoms with Gasteiger partial charge in [-0.1, -0.05) is 38.1 Å². The SMILES string of the molecule is COc1c(C)cc(CN(C)CC(=O)Nc2ccccc2C(=O)NCC(C)C)cc1C. The van der Waals surface area contributed by atoms with Crippen molar-refractivity contribution >= 4 is 17.5 Å². The Bertz CT molecular complexity index is 870. The van der Waals surface area contributed by atoms with Crippen molar-refractivity contribution < 1.29 is 14.3 Å². The molecule has 2 aromatic carbocycles. The van der Waals surface area contributed by atoms with E-state index in [1.165, 1.54) is 0 Å². The number of amides is 2. The normalized spacial score (nSPS) is 10.9. The van der Waals surface area contributed by atoms with Crippen LogP contribution < -0.4 is 15.4 Å². The molecule has 0 aliphatic carbocycles. The van der Waals surface area contributed by atoms with Crippen LogP contribution in [0.4, 0.5) is 5.69 Å². The molecule has 2 N–H and O–H groups in total. The molecule has 0 saturated carbocycles. The monoisotopic (exact) mass is 411 g/mol. The number of anilines is 1. The fraction of sp³-hybridized carbons (Fsp3) is 0.417. The Morgan fingerprint density at radius 3 is 2.33 bits per heavy atom. The van der Waals surface area contributed by atoms with Crippen LogP contribution in [-0.2, 0) is 11.3 Å². The highest BCUT2D eigenvalue weighted by Gasteiger charge is 2.15. The lowest BCUT2D eigenvalue weighted by Crippen LogP contribution is -2.32. The second kappa shape index (κ2) is 10.8. The van der Waals surface area contributed by atoms with Crippen molar-refractivity contribution in [3.8, 4) is 5.75 Å². The van der Waals surface area contributed by atoms with Crippen molar-refractivity contribution in [3.63, 3.8) is 0 Å². The molecule has 0 atom stereocenters. The van der Waals surface area contributed by atoms with E-state index in [-0.39, 0.29) is 18.4 Å². The van der Waals surface area contributed by atoms with Gasteiger partial charge in [0.15, 0.2) is 0 Å². The van der Waals surface area contributed by atoms with E-state index >= 15 is 0 Å². The Kier molecular flexibility index (Phi) is 8.42. The van der Waals surface area contributed by atoms with Gasteiger partial charge in [0.05, 0.1) is 24.9 Å². The number of carbonyl (C=O) groups excluding carboxylic acids is 2. The van der Waals surface area contributed by atoms with Crippen molar-refractivity contribution in [2.45, 2.75) is 34.2 Å². The van der Waals surface area contributed by atoms with Gasteiger partial charge in [-0.2, -0.15) is 0 Å². The van der Waals surface area contributed by atoms with E-state index in [1.807, 2.05) is 45.7 Å².